The van der Waals surface area contributed by atoms with Crippen LogP contribution in [0.4, 0.5) is 0 Å². The van der Waals surface area contributed by atoms with Crippen LogP contribution in [0.1, 0.15) is 41.0 Å². The van der Waals surface area contributed by atoms with Gasteiger partial charge in [0.15, 0.2) is 0 Å². The minimum absolute atomic E-state index is 0.0477. The van der Waals surface area contributed by atoms with Crippen LogP contribution in [0.5, 0.6) is 0 Å². The normalized spacial score (nSPS) is 32.8. The van der Waals surface area contributed by atoms with E-state index in [9.17, 15) is 0 Å². The Morgan fingerprint density at radius 2 is 1.82 bits per heavy atom. The second-order valence-electron chi connectivity index (χ2n) is 6.77. The third-order valence-corrected chi connectivity index (χ3v) is 10.7. The van der Waals surface area contributed by atoms with Gasteiger partial charge in [-0.25, -0.2) is 4.08 Å². The molecule has 0 aromatic heterocycles. The Balaban J connectivity index is 2.95. The number of nitrogens with zero attached hydrogens (tertiary/aromatic N) is 1. The lowest BCUT2D eigenvalue weighted by molar-refractivity contribution is 0.381. The summed E-state index contributed by atoms with van der Waals surface area (Å²) < 4.78 is 2.85. The molecule has 17 heavy (non-hydrogen) atoms. The van der Waals surface area contributed by atoms with Crippen LogP contribution in [0.25, 0.3) is 0 Å². The highest BCUT2D eigenvalue weighted by Gasteiger charge is 2.43. The summed E-state index contributed by atoms with van der Waals surface area (Å²) >= 11 is 0. The summed E-state index contributed by atoms with van der Waals surface area (Å²) in [6, 6.07) is 0.592. The molecule has 2 nitrogen and oxygen atoms in total. The Bertz CT molecular complexity index is 261. The van der Waals surface area contributed by atoms with Gasteiger partial charge in [0.2, 0.25) is 0 Å². The van der Waals surface area contributed by atoms with Crippen molar-refractivity contribution in [3.8, 4) is 0 Å². The standard InChI is InChI=1S/C13H31N2PS/c1-11(2)14-12-9-10-16(6)15(13(3,4)5)17(12,7)8/h11-12,14H,9-10H2,1-8H3. The van der Waals surface area contributed by atoms with E-state index in [-0.39, 0.29) is 8.07 Å². The molecule has 0 spiro atoms. The summed E-state index contributed by atoms with van der Waals surface area (Å²) in [7, 11) is -0.668. The van der Waals surface area contributed by atoms with Crippen LogP contribution < -0.4 is 5.32 Å². The van der Waals surface area contributed by atoms with E-state index >= 15 is 0 Å². The molecule has 1 aliphatic heterocycles. The van der Waals surface area contributed by atoms with Crippen molar-refractivity contribution in [2.75, 3.05) is 25.3 Å². The van der Waals surface area contributed by atoms with E-state index < -0.39 is 10.2 Å². The number of rotatable bonds is 2. The Morgan fingerprint density at radius 3 is 2.24 bits per heavy atom. The Morgan fingerprint density at radius 1 is 1.29 bits per heavy atom. The largest absolute Gasteiger partial charge is 0.303 e. The van der Waals surface area contributed by atoms with Crippen LogP contribution in [0.2, 0.25) is 0 Å². The molecule has 1 N–H and O–H groups in total. The zero-order valence-corrected chi connectivity index (χ0v) is 14.6. The SMILES string of the molecule is CC(C)NC1CCP(C)N(C(C)(C)C)S1(C)C. The molecule has 1 fully saturated rings. The van der Waals surface area contributed by atoms with Gasteiger partial charge in [-0.1, -0.05) is 0 Å². The first kappa shape index (κ1) is 15.8. The average molecular weight is 278 g/mol. The molecule has 0 amide bonds. The Labute approximate surface area is 111 Å². The zero-order chi connectivity index (χ0) is 13.4. The third-order valence-electron chi connectivity index (χ3n) is 3.26. The minimum Gasteiger partial charge on any atom is -0.303 e. The van der Waals surface area contributed by atoms with E-state index in [1.54, 1.807) is 0 Å². The lowest BCUT2D eigenvalue weighted by Crippen LogP contribution is -2.51. The van der Waals surface area contributed by atoms with Gasteiger partial charge in [-0.05, 0) is 74.5 Å². The van der Waals surface area contributed by atoms with Crippen LogP contribution in [0, 0.1) is 0 Å². The molecule has 0 radical (unpaired) electrons. The van der Waals surface area contributed by atoms with Crippen LogP contribution in [-0.4, -0.2) is 46.4 Å². The average Bonchev–Trinajstić information content (AvgIpc) is 2.06. The molecule has 1 saturated heterocycles. The quantitative estimate of drug-likeness (QED) is 0.773. The molecule has 1 aliphatic rings. The summed E-state index contributed by atoms with van der Waals surface area (Å²) in [5.74, 6) is 0. The van der Waals surface area contributed by atoms with E-state index in [2.05, 4.69) is 63.2 Å². The van der Waals surface area contributed by atoms with Crippen molar-refractivity contribution in [2.45, 2.75) is 58.0 Å². The van der Waals surface area contributed by atoms with E-state index in [1.165, 1.54) is 12.6 Å². The summed E-state index contributed by atoms with van der Waals surface area (Å²) in [4.78, 5) is 0. The van der Waals surface area contributed by atoms with E-state index in [4.69, 9.17) is 0 Å². The maximum atomic E-state index is 3.80. The molecule has 0 aliphatic carbocycles. The smallest absolute Gasteiger partial charge is 0.0495 e. The Hall–Kier alpha value is 0.700. The third kappa shape index (κ3) is 3.59. The monoisotopic (exact) mass is 278 g/mol. The summed E-state index contributed by atoms with van der Waals surface area (Å²) in [5.41, 5.74) is 0.302. The molecule has 2 atom stereocenters. The second-order valence-corrected chi connectivity index (χ2v) is 12.8. The highest BCUT2D eigenvalue weighted by molar-refractivity contribution is 8.33. The van der Waals surface area contributed by atoms with Crippen molar-refractivity contribution in [3.63, 3.8) is 0 Å². The van der Waals surface area contributed by atoms with Crippen LogP contribution in [0.3, 0.4) is 0 Å². The maximum absolute atomic E-state index is 3.80. The van der Waals surface area contributed by atoms with Crippen molar-refractivity contribution >= 4 is 18.3 Å². The van der Waals surface area contributed by atoms with Gasteiger partial charge in [0.1, 0.15) is 0 Å². The van der Waals surface area contributed by atoms with Crippen LogP contribution in [-0.2, 0) is 0 Å². The van der Waals surface area contributed by atoms with Gasteiger partial charge in [0.05, 0.1) is 0 Å². The summed E-state index contributed by atoms with van der Waals surface area (Å²) in [5, 5.41) is 4.50. The van der Waals surface area contributed by atoms with Gasteiger partial charge in [-0.3, -0.25) is 0 Å². The van der Waals surface area contributed by atoms with Gasteiger partial charge in [0.25, 0.3) is 0 Å². The fourth-order valence-corrected chi connectivity index (χ4v) is 11.4. The fourth-order valence-electron chi connectivity index (χ4n) is 3.00. The second kappa shape index (κ2) is 5.36. The fraction of sp³-hybridized carbons (Fsp3) is 1.00. The predicted octanol–water partition coefficient (Wildman–Crippen LogP) is 3.82. The Kier molecular flexibility index (Phi) is 4.97. The van der Waals surface area contributed by atoms with Crippen molar-refractivity contribution in [1.29, 1.82) is 0 Å². The van der Waals surface area contributed by atoms with E-state index in [1.807, 2.05) is 0 Å². The summed E-state index contributed by atoms with van der Waals surface area (Å²) in [6.45, 7) is 14.1. The first-order valence-corrected chi connectivity index (χ1v) is 11.0. The maximum Gasteiger partial charge on any atom is 0.0495 e. The highest BCUT2D eigenvalue weighted by Crippen LogP contribution is 2.67. The highest BCUT2D eigenvalue weighted by atomic mass is 32.3. The lowest BCUT2D eigenvalue weighted by Gasteiger charge is -2.60. The lowest BCUT2D eigenvalue weighted by atomic mass is 10.1. The number of hydrogen-bond acceptors (Lipinski definition) is 2. The molecule has 4 heteroatoms. The molecule has 0 aromatic carbocycles. The minimum atomic E-state index is -0.715. The van der Waals surface area contributed by atoms with Crippen molar-refractivity contribution in [3.05, 3.63) is 0 Å². The van der Waals surface area contributed by atoms with Crippen molar-refractivity contribution in [2.24, 2.45) is 0 Å². The van der Waals surface area contributed by atoms with Crippen LogP contribution >= 0.6 is 18.3 Å². The molecule has 0 saturated carbocycles. The molecular weight excluding hydrogens is 247 g/mol. The van der Waals surface area contributed by atoms with Gasteiger partial charge in [-0.2, -0.15) is 10.2 Å². The van der Waals surface area contributed by atoms with Crippen LogP contribution in [0.15, 0.2) is 0 Å². The van der Waals surface area contributed by atoms with Gasteiger partial charge < -0.3 is 5.32 Å². The van der Waals surface area contributed by atoms with E-state index in [0.29, 0.717) is 17.0 Å². The molecule has 0 bridgehead atoms. The van der Waals surface area contributed by atoms with E-state index in [0.717, 1.165) is 0 Å². The molecule has 1 rings (SSSR count). The van der Waals surface area contributed by atoms with Gasteiger partial charge in [-0.15, -0.1) is 0 Å². The first-order valence-electron chi connectivity index (χ1n) is 6.56. The molecule has 104 valence electrons. The first-order chi connectivity index (χ1) is 7.56. The summed E-state index contributed by atoms with van der Waals surface area (Å²) in [6.07, 6.45) is 7.73. The van der Waals surface area contributed by atoms with Crippen molar-refractivity contribution in [1.82, 2.24) is 9.39 Å². The van der Waals surface area contributed by atoms with Crippen molar-refractivity contribution < 1.29 is 0 Å². The zero-order valence-electron chi connectivity index (χ0n) is 12.9. The molecular formula is C13H31N2PS. The molecule has 0 aromatic rings. The topological polar surface area (TPSA) is 15.3 Å². The number of hydrogen-bond donors (Lipinski definition) is 1. The number of nitrogens with one attached hydrogen (secondary N) is 1. The van der Waals surface area contributed by atoms with Gasteiger partial charge in [0, 0.05) is 17.0 Å². The van der Waals surface area contributed by atoms with Gasteiger partial charge >= 0.3 is 0 Å². The molecule has 1 heterocycles. The predicted molar refractivity (Wildman–Crippen MR) is 85.4 cm³/mol. The molecule has 2 unspecified atom stereocenters.